The topological polar surface area (TPSA) is 98.3 Å². The third-order valence-corrected chi connectivity index (χ3v) is 5.39. The van der Waals surface area contributed by atoms with Crippen LogP contribution in [-0.4, -0.2) is 38.8 Å². The van der Waals surface area contributed by atoms with Gasteiger partial charge >= 0.3 is 0 Å². The summed E-state index contributed by atoms with van der Waals surface area (Å²) in [4.78, 5) is 33.1. The molecule has 0 saturated heterocycles. The Balaban J connectivity index is 1.50. The monoisotopic (exact) mass is 390 g/mol. The lowest BCUT2D eigenvalue weighted by molar-refractivity contribution is -0.126. The number of phenolic OH excluding ortho intramolecular Hbond substituents is 1. The number of aromatic amines is 1. The van der Waals surface area contributed by atoms with E-state index in [-0.39, 0.29) is 23.6 Å². The zero-order valence-electron chi connectivity index (χ0n) is 16.3. The maximum atomic E-state index is 12.7. The number of phenols is 1. The van der Waals surface area contributed by atoms with Gasteiger partial charge in [0.05, 0.1) is 11.6 Å². The molecule has 1 unspecified atom stereocenters. The van der Waals surface area contributed by atoms with Gasteiger partial charge in [0.1, 0.15) is 11.6 Å². The first-order valence-corrected chi connectivity index (χ1v) is 9.46. The molecule has 3 aromatic rings. The third-order valence-electron chi connectivity index (χ3n) is 5.39. The second-order valence-corrected chi connectivity index (χ2v) is 7.23. The van der Waals surface area contributed by atoms with Gasteiger partial charge in [0.15, 0.2) is 0 Å². The third kappa shape index (κ3) is 3.59. The van der Waals surface area contributed by atoms with Crippen LogP contribution >= 0.6 is 0 Å². The molecular formula is C22H22N4O3. The van der Waals surface area contributed by atoms with E-state index in [1.807, 2.05) is 25.3 Å². The first-order chi connectivity index (χ1) is 13.9. The van der Waals surface area contributed by atoms with Gasteiger partial charge in [-0.2, -0.15) is 0 Å². The number of anilines is 1. The summed E-state index contributed by atoms with van der Waals surface area (Å²) in [7, 11) is 1.75. The number of nitrogens with zero attached hydrogens (tertiary/aromatic N) is 2. The number of rotatable bonds is 4. The van der Waals surface area contributed by atoms with Gasteiger partial charge in [-0.1, -0.05) is 12.1 Å². The normalized spacial score (nSPS) is 14.6. The summed E-state index contributed by atoms with van der Waals surface area (Å²) in [5.74, 6) is 0.617. The fraction of sp³-hybridized carbons (Fsp3) is 0.227. The number of para-hydroxylation sites is 1. The molecule has 4 rings (SSSR count). The average molecular weight is 390 g/mol. The second-order valence-electron chi connectivity index (χ2n) is 7.23. The minimum absolute atomic E-state index is 0.0234. The standard InChI is InChI=1S/C22H22N4O3/c1-13(17-12-23-21-16(17)4-3-5-18(21)27)26(2)20(29)9-6-14-10-15-7-8-19(28)25-22(15)24-11-14/h3-6,9-13,23,27H,7-8H2,1-2H3,(H,24,25,28)/b9-6+. The lowest BCUT2D eigenvalue weighted by Gasteiger charge is -2.23. The molecule has 0 aliphatic carbocycles. The highest BCUT2D eigenvalue weighted by atomic mass is 16.3. The van der Waals surface area contributed by atoms with E-state index < -0.39 is 0 Å². The van der Waals surface area contributed by atoms with Crippen LogP contribution in [0.5, 0.6) is 5.75 Å². The van der Waals surface area contributed by atoms with Gasteiger partial charge in [0, 0.05) is 37.3 Å². The van der Waals surface area contributed by atoms with Gasteiger partial charge in [-0.15, -0.1) is 0 Å². The number of likely N-dealkylation sites (N-methyl/N-ethyl adjacent to an activating group) is 1. The quantitative estimate of drug-likeness (QED) is 0.595. The van der Waals surface area contributed by atoms with Crippen molar-refractivity contribution < 1.29 is 14.7 Å². The van der Waals surface area contributed by atoms with E-state index in [0.717, 1.165) is 22.1 Å². The van der Waals surface area contributed by atoms with Crippen molar-refractivity contribution in [2.24, 2.45) is 0 Å². The van der Waals surface area contributed by atoms with E-state index >= 15 is 0 Å². The molecule has 3 N–H and O–H groups in total. The molecule has 0 saturated carbocycles. The van der Waals surface area contributed by atoms with E-state index in [1.54, 1.807) is 36.4 Å². The van der Waals surface area contributed by atoms with Crippen LogP contribution in [0.25, 0.3) is 17.0 Å². The smallest absolute Gasteiger partial charge is 0.246 e. The van der Waals surface area contributed by atoms with Crippen LogP contribution in [0.2, 0.25) is 0 Å². The molecule has 2 amide bonds. The van der Waals surface area contributed by atoms with Crippen molar-refractivity contribution in [2.45, 2.75) is 25.8 Å². The molecule has 2 aromatic heterocycles. The molecule has 29 heavy (non-hydrogen) atoms. The molecule has 1 aliphatic rings. The highest BCUT2D eigenvalue weighted by Crippen LogP contribution is 2.31. The van der Waals surface area contributed by atoms with E-state index in [4.69, 9.17) is 0 Å². The number of benzene rings is 1. The van der Waals surface area contributed by atoms with E-state index in [9.17, 15) is 14.7 Å². The number of aryl methyl sites for hydroxylation is 1. The highest BCUT2D eigenvalue weighted by Gasteiger charge is 2.20. The number of hydrogen-bond donors (Lipinski definition) is 3. The van der Waals surface area contributed by atoms with Crippen molar-refractivity contribution in [2.75, 3.05) is 12.4 Å². The Kier molecular flexibility index (Phi) is 4.80. The fourth-order valence-electron chi connectivity index (χ4n) is 3.56. The molecule has 0 bridgehead atoms. The van der Waals surface area contributed by atoms with Crippen LogP contribution in [0.3, 0.4) is 0 Å². The molecule has 148 valence electrons. The predicted molar refractivity (Wildman–Crippen MR) is 111 cm³/mol. The number of nitrogens with one attached hydrogen (secondary N) is 2. The number of pyridine rings is 1. The summed E-state index contributed by atoms with van der Waals surface area (Å²) in [5.41, 5.74) is 3.38. The number of fused-ring (bicyclic) bond motifs is 2. The number of carbonyl (C=O) groups is 2. The minimum Gasteiger partial charge on any atom is -0.506 e. The van der Waals surface area contributed by atoms with Crippen molar-refractivity contribution in [1.82, 2.24) is 14.9 Å². The van der Waals surface area contributed by atoms with Crippen LogP contribution in [0.15, 0.2) is 42.7 Å². The highest BCUT2D eigenvalue weighted by molar-refractivity contribution is 5.94. The molecule has 0 radical (unpaired) electrons. The van der Waals surface area contributed by atoms with Crippen molar-refractivity contribution in [1.29, 1.82) is 0 Å². The number of aromatic hydroxyl groups is 1. The molecule has 0 spiro atoms. The Morgan fingerprint density at radius 2 is 2.17 bits per heavy atom. The maximum absolute atomic E-state index is 12.7. The zero-order valence-corrected chi connectivity index (χ0v) is 16.3. The SMILES string of the molecule is CC(c1c[nH]c2c(O)cccc12)N(C)C(=O)/C=C/c1cnc2c(c1)CCC(=O)N2. The Hall–Kier alpha value is -3.61. The van der Waals surface area contributed by atoms with Gasteiger partial charge in [0.25, 0.3) is 0 Å². The number of hydrogen-bond acceptors (Lipinski definition) is 4. The van der Waals surface area contributed by atoms with Crippen molar-refractivity contribution >= 4 is 34.6 Å². The van der Waals surface area contributed by atoms with Crippen LogP contribution in [-0.2, 0) is 16.0 Å². The molecule has 7 heteroatoms. The number of aromatic nitrogens is 2. The van der Waals surface area contributed by atoms with Crippen molar-refractivity contribution in [3.63, 3.8) is 0 Å². The fourth-order valence-corrected chi connectivity index (χ4v) is 3.56. The second kappa shape index (κ2) is 7.43. The summed E-state index contributed by atoms with van der Waals surface area (Å²) < 4.78 is 0. The number of carbonyl (C=O) groups excluding carboxylic acids is 2. The van der Waals surface area contributed by atoms with E-state index in [0.29, 0.717) is 24.2 Å². The lowest BCUT2D eigenvalue weighted by Crippen LogP contribution is -2.27. The molecule has 7 nitrogen and oxygen atoms in total. The molecule has 1 aromatic carbocycles. The van der Waals surface area contributed by atoms with Crippen molar-refractivity contribution in [3.8, 4) is 5.75 Å². The van der Waals surface area contributed by atoms with Gasteiger partial charge < -0.3 is 20.3 Å². The molecular weight excluding hydrogens is 368 g/mol. The van der Waals surface area contributed by atoms with Gasteiger partial charge in [-0.3, -0.25) is 9.59 Å². The van der Waals surface area contributed by atoms with Crippen LogP contribution in [0.1, 0.15) is 36.1 Å². The summed E-state index contributed by atoms with van der Waals surface area (Å²) in [6.45, 7) is 1.95. The number of amides is 2. The van der Waals surface area contributed by atoms with Crippen molar-refractivity contribution in [3.05, 3.63) is 59.4 Å². The largest absolute Gasteiger partial charge is 0.506 e. The number of H-pyrrole nitrogens is 1. The molecule has 0 fully saturated rings. The van der Waals surface area contributed by atoms with E-state index in [2.05, 4.69) is 15.3 Å². The summed E-state index contributed by atoms with van der Waals surface area (Å²) in [6, 6.07) is 7.10. The molecule has 3 heterocycles. The first-order valence-electron chi connectivity index (χ1n) is 9.46. The Bertz CT molecular complexity index is 1130. The lowest BCUT2D eigenvalue weighted by atomic mass is 10.0. The summed E-state index contributed by atoms with van der Waals surface area (Å²) >= 11 is 0. The minimum atomic E-state index is -0.181. The zero-order chi connectivity index (χ0) is 20.5. The maximum Gasteiger partial charge on any atom is 0.246 e. The van der Waals surface area contributed by atoms with Gasteiger partial charge in [0.2, 0.25) is 11.8 Å². The molecule has 1 aliphatic heterocycles. The predicted octanol–water partition coefficient (Wildman–Crippen LogP) is 3.39. The molecule has 1 atom stereocenters. The van der Waals surface area contributed by atoms with E-state index in [1.165, 1.54) is 6.08 Å². The Morgan fingerprint density at radius 1 is 1.34 bits per heavy atom. The van der Waals surface area contributed by atoms with Crippen LogP contribution in [0, 0.1) is 0 Å². The van der Waals surface area contributed by atoms with Gasteiger partial charge in [-0.25, -0.2) is 4.98 Å². The van der Waals surface area contributed by atoms with Gasteiger partial charge in [-0.05, 0) is 48.2 Å². The average Bonchev–Trinajstić information content (AvgIpc) is 3.16. The first kappa shape index (κ1) is 18.7. The summed E-state index contributed by atoms with van der Waals surface area (Å²) in [6.07, 6.45) is 7.81. The Labute approximate surface area is 168 Å². The Morgan fingerprint density at radius 3 is 3.00 bits per heavy atom. The van der Waals surface area contributed by atoms with Crippen LogP contribution in [0.4, 0.5) is 5.82 Å². The van der Waals surface area contributed by atoms with Crippen LogP contribution < -0.4 is 5.32 Å². The summed E-state index contributed by atoms with van der Waals surface area (Å²) in [5, 5.41) is 13.6.